The lowest BCUT2D eigenvalue weighted by Gasteiger charge is -2.30. The zero-order chi connectivity index (χ0) is 17.6. The lowest BCUT2D eigenvalue weighted by molar-refractivity contribution is -0.119. The van der Waals surface area contributed by atoms with Crippen LogP contribution in [0, 0.1) is 17.2 Å². The molecule has 1 N–H and O–H groups in total. The number of hydrogen-bond acceptors (Lipinski definition) is 3. The second kappa shape index (κ2) is 5.75. The van der Waals surface area contributed by atoms with Crippen LogP contribution in [-0.4, -0.2) is 15.5 Å². The van der Waals surface area contributed by atoms with Gasteiger partial charge in [-0.1, -0.05) is 50.2 Å². The van der Waals surface area contributed by atoms with Gasteiger partial charge in [0.05, 0.1) is 23.1 Å². The second-order valence-electron chi connectivity index (χ2n) is 6.66. The molecule has 0 radical (unpaired) electrons. The van der Waals surface area contributed by atoms with Crippen LogP contribution in [0.2, 0.25) is 0 Å². The molecule has 1 aliphatic heterocycles. The minimum atomic E-state index is -0.796. The summed E-state index contributed by atoms with van der Waals surface area (Å²) < 4.78 is 1.97. The van der Waals surface area contributed by atoms with E-state index in [4.69, 9.17) is 0 Å². The van der Waals surface area contributed by atoms with Crippen LogP contribution < -0.4 is 5.32 Å². The zero-order valence-electron chi connectivity index (χ0n) is 14.1. The van der Waals surface area contributed by atoms with E-state index in [9.17, 15) is 10.1 Å². The SMILES string of the molecule is CC(C)c1ccc([C@H]2[C@H](C#N)C(=O)Nc3nc4ccccc4n32)cc1. The highest BCUT2D eigenvalue weighted by Gasteiger charge is 2.38. The first-order valence-electron chi connectivity index (χ1n) is 8.37. The van der Waals surface area contributed by atoms with Crippen molar-refractivity contribution < 1.29 is 4.79 Å². The molecule has 2 aromatic carbocycles. The van der Waals surface area contributed by atoms with E-state index in [0.717, 1.165) is 16.6 Å². The molecule has 4 rings (SSSR count). The number of imidazole rings is 1. The molecule has 2 atom stereocenters. The standard InChI is InChI=1S/C20H18N4O/c1-12(2)13-7-9-14(10-8-13)18-15(11-21)19(25)23-20-22-16-5-3-4-6-17(16)24(18)20/h3-10,12,15,18H,1-2H3,(H,22,23,25)/t15-,18-/m0/s1. The summed E-state index contributed by atoms with van der Waals surface area (Å²) in [5.74, 6) is -0.172. The number of benzene rings is 2. The molecule has 0 fully saturated rings. The van der Waals surface area contributed by atoms with Crippen molar-refractivity contribution in [3.63, 3.8) is 0 Å². The fourth-order valence-corrected chi connectivity index (χ4v) is 3.44. The van der Waals surface area contributed by atoms with Gasteiger partial charge in [0.1, 0.15) is 0 Å². The first-order valence-corrected chi connectivity index (χ1v) is 8.37. The lowest BCUT2D eigenvalue weighted by atomic mass is 9.90. The van der Waals surface area contributed by atoms with Gasteiger partial charge in [0.25, 0.3) is 0 Å². The van der Waals surface area contributed by atoms with Crippen molar-refractivity contribution in [3.05, 3.63) is 59.7 Å². The predicted octanol–water partition coefficient (Wildman–Crippen LogP) is 3.84. The second-order valence-corrected chi connectivity index (χ2v) is 6.66. The topological polar surface area (TPSA) is 70.7 Å². The van der Waals surface area contributed by atoms with Crippen LogP contribution in [0.25, 0.3) is 11.0 Å². The Hall–Kier alpha value is -3.13. The maximum atomic E-state index is 12.4. The van der Waals surface area contributed by atoms with E-state index in [1.54, 1.807) is 0 Å². The molecule has 1 amide bonds. The third-order valence-corrected chi connectivity index (χ3v) is 4.79. The van der Waals surface area contributed by atoms with Crippen LogP contribution in [0.1, 0.15) is 36.9 Å². The Balaban J connectivity index is 1.93. The number of carbonyl (C=O) groups excluding carboxylic acids is 1. The minimum absolute atomic E-state index is 0.303. The lowest BCUT2D eigenvalue weighted by Crippen LogP contribution is -2.37. The third-order valence-electron chi connectivity index (χ3n) is 4.79. The number of nitrogens with one attached hydrogen (secondary N) is 1. The highest BCUT2D eigenvalue weighted by atomic mass is 16.2. The van der Waals surface area contributed by atoms with Crippen LogP contribution in [0.15, 0.2) is 48.5 Å². The molecule has 0 unspecified atom stereocenters. The number of anilines is 1. The number of aromatic nitrogens is 2. The molecule has 0 saturated carbocycles. The van der Waals surface area contributed by atoms with E-state index >= 15 is 0 Å². The van der Waals surface area contributed by atoms with Gasteiger partial charge in [0, 0.05) is 0 Å². The summed E-state index contributed by atoms with van der Waals surface area (Å²) in [5.41, 5.74) is 3.89. The molecule has 2 heterocycles. The van der Waals surface area contributed by atoms with Crippen molar-refractivity contribution in [3.8, 4) is 6.07 Å². The van der Waals surface area contributed by atoms with Gasteiger partial charge >= 0.3 is 0 Å². The summed E-state index contributed by atoms with van der Waals surface area (Å²) in [7, 11) is 0. The van der Waals surface area contributed by atoms with E-state index in [-0.39, 0.29) is 11.9 Å². The van der Waals surface area contributed by atoms with E-state index < -0.39 is 5.92 Å². The first kappa shape index (κ1) is 15.4. The predicted molar refractivity (Wildman–Crippen MR) is 96.1 cm³/mol. The Morgan fingerprint density at radius 2 is 1.88 bits per heavy atom. The molecule has 0 spiro atoms. The quantitative estimate of drug-likeness (QED) is 0.776. The summed E-state index contributed by atoms with van der Waals surface area (Å²) in [6.07, 6.45) is 0. The maximum Gasteiger partial charge on any atom is 0.246 e. The average molecular weight is 330 g/mol. The van der Waals surface area contributed by atoms with Crippen LogP contribution in [0.4, 0.5) is 5.95 Å². The number of nitrogens with zero attached hydrogens (tertiary/aromatic N) is 3. The van der Waals surface area contributed by atoms with Crippen LogP contribution >= 0.6 is 0 Å². The fraction of sp³-hybridized carbons (Fsp3) is 0.250. The molecule has 0 aliphatic carbocycles. The van der Waals surface area contributed by atoms with E-state index in [2.05, 4.69) is 42.4 Å². The first-order chi connectivity index (χ1) is 12.1. The van der Waals surface area contributed by atoms with Gasteiger partial charge in [-0.2, -0.15) is 5.26 Å². The Kier molecular flexibility index (Phi) is 3.54. The fourth-order valence-electron chi connectivity index (χ4n) is 3.44. The maximum absolute atomic E-state index is 12.4. The van der Waals surface area contributed by atoms with Gasteiger partial charge in [-0.05, 0) is 29.2 Å². The number of rotatable bonds is 2. The van der Waals surface area contributed by atoms with E-state index in [1.165, 1.54) is 5.56 Å². The number of nitriles is 1. The van der Waals surface area contributed by atoms with Crippen LogP contribution in [0.3, 0.4) is 0 Å². The van der Waals surface area contributed by atoms with Gasteiger partial charge in [-0.3, -0.25) is 10.1 Å². The summed E-state index contributed by atoms with van der Waals surface area (Å²) in [6, 6.07) is 17.7. The minimum Gasteiger partial charge on any atom is -0.300 e. The number of carbonyl (C=O) groups is 1. The van der Waals surface area contributed by atoms with Gasteiger partial charge in [-0.25, -0.2) is 4.98 Å². The summed E-state index contributed by atoms with van der Waals surface area (Å²) in [4.78, 5) is 17.0. The molecular formula is C20H18N4O. The molecular weight excluding hydrogens is 312 g/mol. The smallest absolute Gasteiger partial charge is 0.246 e. The van der Waals surface area contributed by atoms with Crippen molar-refractivity contribution in [2.24, 2.45) is 5.92 Å². The van der Waals surface area contributed by atoms with Crippen LogP contribution in [-0.2, 0) is 4.79 Å². The van der Waals surface area contributed by atoms with E-state index in [1.807, 2.05) is 41.0 Å². The molecule has 1 aromatic heterocycles. The normalized spacial score (nSPS) is 19.5. The Labute approximate surface area is 145 Å². The Bertz CT molecular complexity index is 995. The van der Waals surface area contributed by atoms with Crippen LogP contribution in [0.5, 0.6) is 0 Å². The Morgan fingerprint density at radius 1 is 1.16 bits per heavy atom. The average Bonchev–Trinajstić information content (AvgIpc) is 2.98. The van der Waals surface area contributed by atoms with Crippen molar-refractivity contribution in [1.29, 1.82) is 5.26 Å². The van der Waals surface area contributed by atoms with Crippen molar-refractivity contribution in [2.45, 2.75) is 25.8 Å². The molecule has 1 aliphatic rings. The summed E-state index contributed by atoms with van der Waals surface area (Å²) in [6.45, 7) is 4.28. The van der Waals surface area contributed by atoms with Crippen molar-refractivity contribution >= 4 is 22.9 Å². The molecule has 5 heteroatoms. The highest BCUT2D eigenvalue weighted by molar-refractivity contribution is 5.97. The molecule has 25 heavy (non-hydrogen) atoms. The number of hydrogen-bond donors (Lipinski definition) is 1. The molecule has 3 aromatic rings. The molecule has 0 bridgehead atoms. The Morgan fingerprint density at radius 3 is 2.56 bits per heavy atom. The largest absolute Gasteiger partial charge is 0.300 e. The van der Waals surface area contributed by atoms with E-state index in [0.29, 0.717) is 11.9 Å². The number of fused-ring (bicyclic) bond motifs is 3. The summed E-state index contributed by atoms with van der Waals surface area (Å²) in [5, 5.41) is 12.4. The van der Waals surface area contributed by atoms with Crippen molar-refractivity contribution in [1.82, 2.24) is 9.55 Å². The van der Waals surface area contributed by atoms with Gasteiger partial charge in [0.15, 0.2) is 5.92 Å². The summed E-state index contributed by atoms with van der Waals surface area (Å²) >= 11 is 0. The molecule has 5 nitrogen and oxygen atoms in total. The third kappa shape index (κ3) is 2.38. The molecule has 0 saturated heterocycles. The zero-order valence-corrected chi connectivity index (χ0v) is 14.1. The van der Waals surface area contributed by atoms with Gasteiger partial charge in [-0.15, -0.1) is 0 Å². The van der Waals surface area contributed by atoms with Gasteiger partial charge in [0.2, 0.25) is 11.9 Å². The van der Waals surface area contributed by atoms with Crippen molar-refractivity contribution in [2.75, 3.05) is 5.32 Å². The number of para-hydroxylation sites is 2. The van der Waals surface area contributed by atoms with Gasteiger partial charge < -0.3 is 4.57 Å². The monoisotopic (exact) mass is 330 g/mol. The number of amides is 1. The highest BCUT2D eigenvalue weighted by Crippen LogP contribution is 2.37. The molecule has 124 valence electrons.